The van der Waals surface area contributed by atoms with E-state index in [1.807, 2.05) is 0 Å². The molecule has 0 spiro atoms. The topological polar surface area (TPSA) is 97.6 Å². The highest BCUT2D eigenvalue weighted by Gasteiger charge is 2.34. The fourth-order valence-corrected chi connectivity index (χ4v) is 4.01. The van der Waals surface area contributed by atoms with E-state index >= 15 is 0 Å². The van der Waals surface area contributed by atoms with Gasteiger partial charge in [0.2, 0.25) is 15.0 Å². The fraction of sp³-hybridized carbons (Fsp3) is 0.364. The average Bonchev–Trinajstić information content (AvgIpc) is 2.67. The van der Waals surface area contributed by atoms with Gasteiger partial charge in [-0.25, -0.2) is 8.42 Å². The maximum atomic E-state index is 12.0. The molecule has 0 aromatic heterocycles. The summed E-state index contributed by atoms with van der Waals surface area (Å²) in [5.41, 5.74) is 0.207. The SMILES string of the molecule is O=C1CC(CS(=O)(=O)Cl)CN1c1cc([N+](=O)[O-])ccc1Br. The molecule has 1 unspecified atom stereocenters. The third-order valence-corrected chi connectivity index (χ3v) is 4.99. The van der Waals surface area contributed by atoms with Crippen molar-refractivity contribution in [2.24, 2.45) is 5.92 Å². The standard InChI is InChI=1S/C11H10BrClN2O5S/c12-9-2-1-8(15(17)18)4-10(9)14-5-7(3-11(14)16)6-21(13,19)20/h1-2,4,7H,3,5-6H2. The minimum Gasteiger partial charge on any atom is -0.311 e. The van der Waals surface area contributed by atoms with E-state index in [1.54, 1.807) is 0 Å². The van der Waals surface area contributed by atoms with Gasteiger partial charge in [-0.15, -0.1) is 0 Å². The Labute approximate surface area is 133 Å². The number of hydrogen-bond donors (Lipinski definition) is 0. The van der Waals surface area contributed by atoms with Gasteiger partial charge >= 0.3 is 0 Å². The maximum Gasteiger partial charge on any atom is 0.271 e. The van der Waals surface area contributed by atoms with Crippen LogP contribution in [0.5, 0.6) is 0 Å². The predicted octanol–water partition coefficient (Wildman–Crippen LogP) is 2.28. The van der Waals surface area contributed by atoms with E-state index in [9.17, 15) is 23.3 Å². The summed E-state index contributed by atoms with van der Waals surface area (Å²) in [6.45, 7) is 0.157. The van der Waals surface area contributed by atoms with Crippen LogP contribution < -0.4 is 4.90 Å². The molecule has 0 radical (unpaired) electrons. The smallest absolute Gasteiger partial charge is 0.271 e. The van der Waals surface area contributed by atoms with Gasteiger partial charge < -0.3 is 4.90 Å². The lowest BCUT2D eigenvalue weighted by molar-refractivity contribution is -0.384. The third-order valence-electron chi connectivity index (χ3n) is 3.07. The molecule has 2 rings (SSSR count). The number of carbonyl (C=O) groups is 1. The zero-order valence-corrected chi connectivity index (χ0v) is 13.7. The molecular formula is C11H10BrClN2O5S. The highest BCUT2D eigenvalue weighted by atomic mass is 79.9. The van der Waals surface area contributed by atoms with Gasteiger partial charge in [-0.3, -0.25) is 14.9 Å². The van der Waals surface area contributed by atoms with Crippen LogP contribution in [0.3, 0.4) is 0 Å². The van der Waals surface area contributed by atoms with Crippen LogP contribution in [0.15, 0.2) is 22.7 Å². The normalized spacial score (nSPS) is 19.0. The first-order chi connectivity index (χ1) is 9.67. The molecule has 21 heavy (non-hydrogen) atoms. The Morgan fingerprint density at radius 2 is 2.14 bits per heavy atom. The summed E-state index contributed by atoms with van der Waals surface area (Å²) in [7, 11) is 1.50. The Morgan fingerprint density at radius 3 is 2.71 bits per heavy atom. The van der Waals surface area contributed by atoms with Crippen molar-refractivity contribution < 1.29 is 18.1 Å². The fourth-order valence-electron chi connectivity index (χ4n) is 2.23. The lowest BCUT2D eigenvalue weighted by Crippen LogP contribution is -2.25. The van der Waals surface area contributed by atoms with E-state index in [4.69, 9.17) is 10.7 Å². The second-order valence-electron chi connectivity index (χ2n) is 4.67. The number of nitrogens with zero attached hydrogens (tertiary/aromatic N) is 2. The molecule has 1 aliphatic heterocycles. The third kappa shape index (κ3) is 3.92. The van der Waals surface area contributed by atoms with E-state index < -0.39 is 19.9 Å². The summed E-state index contributed by atoms with van der Waals surface area (Å²) >= 11 is 3.24. The Bertz CT molecular complexity index is 709. The monoisotopic (exact) mass is 396 g/mol. The molecule has 1 aliphatic rings. The second-order valence-corrected chi connectivity index (χ2v) is 8.35. The summed E-state index contributed by atoms with van der Waals surface area (Å²) in [4.78, 5) is 23.6. The Kier molecular flexibility index (Phi) is 4.54. The van der Waals surface area contributed by atoms with Gasteiger partial charge in [0.15, 0.2) is 0 Å². The van der Waals surface area contributed by atoms with Crippen LogP contribution >= 0.6 is 26.6 Å². The summed E-state index contributed by atoms with van der Waals surface area (Å²) < 4.78 is 22.7. The number of halogens is 2. The van der Waals surface area contributed by atoms with Crippen molar-refractivity contribution in [1.82, 2.24) is 0 Å². The molecule has 1 saturated heterocycles. The van der Waals surface area contributed by atoms with Crippen molar-refractivity contribution in [2.45, 2.75) is 6.42 Å². The molecule has 1 amide bonds. The molecule has 1 fully saturated rings. The van der Waals surface area contributed by atoms with Crippen molar-refractivity contribution >= 4 is 52.9 Å². The number of amides is 1. The van der Waals surface area contributed by atoms with Gasteiger partial charge in [0, 0.05) is 46.2 Å². The van der Waals surface area contributed by atoms with Gasteiger partial charge in [-0.2, -0.15) is 0 Å². The molecule has 0 aliphatic carbocycles. The number of nitro benzene ring substituents is 1. The molecule has 0 saturated carbocycles. The van der Waals surface area contributed by atoms with E-state index in [0.29, 0.717) is 10.2 Å². The zero-order valence-electron chi connectivity index (χ0n) is 10.5. The van der Waals surface area contributed by atoms with Gasteiger partial charge in [-0.1, -0.05) is 0 Å². The van der Waals surface area contributed by atoms with E-state index in [1.165, 1.54) is 23.1 Å². The largest absolute Gasteiger partial charge is 0.311 e. The maximum absolute atomic E-state index is 12.0. The van der Waals surface area contributed by atoms with Crippen LogP contribution in [0.2, 0.25) is 0 Å². The minimum absolute atomic E-state index is 0.0427. The van der Waals surface area contributed by atoms with Crippen molar-refractivity contribution in [1.29, 1.82) is 0 Å². The number of nitro groups is 1. The molecule has 0 N–H and O–H groups in total. The first-order valence-electron chi connectivity index (χ1n) is 5.84. The molecule has 114 valence electrons. The van der Waals surface area contributed by atoms with Crippen LogP contribution in [0.25, 0.3) is 0 Å². The lowest BCUT2D eigenvalue weighted by Gasteiger charge is -2.18. The summed E-state index contributed by atoms with van der Waals surface area (Å²) in [6, 6.07) is 4.07. The Morgan fingerprint density at radius 1 is 1.48 bits per heavy atom. The zero-order chi connectivity index (χ0) is 15.8. The van der Waals surface area contributed by atoms with Gasteiger partial charge in [0.05, 0.1) is 16.4 Å². The minimum atomic E-state index is -3.69. The van der Waals surface area contributed by atoms with E-state index in [-0.39, 0.29) is 30.3 Å². The number of anilines is 1. The number of benzene rings is 1. The first-order valence-corrected chi connectivity index (χ1v) is 9.11. The predicted molar refractivity (Wildman–Crippen MR) is 80.9 cm³/mol. The molecule has 1 aromatic carbocycles. The van der Waals surface area contributed by atoms with Crippen molar-refractivity contribution in [3.63, 3.8) is 0 Å². The van der Waals surface area contributed by atoms with E-state index in [2.05, 4.69) is 15.9 Å². The van der Waals surface area contributed by atoms with Crippen LogP contribution in [0.4, 0.5) is 11.4 Å². The molecule has 0 bridgehead atoms. The van der Waals surface area contributed by atoms with Crippen molar-refractivity contribution in [2.75, 3.05) is 17.2 Å². The van der Waals surface area contributed by atoms with Crippen LogP contribution in [-0.2, 0) is 13.8 Å². The number of rotatable bonds is 4. The number of non-ortho nitro benzene ring substituents is 1. The van der Waals surface area contributed by atoms with Gasteiger partial charge in [0.1, 0.15) is 0 Å². The number of hydrogen-bond acceptors (Lipinski definition) is 5. The molecule has 10 heteroatoms. The first kappa shape index (κ1) is 16.2. The summed E-state index contributed by atoms with van der Waals surface area (Å²) in [5, 5.41) is 10.8. The van der Waals surface area contributed by atoms with Crippen LogP contribution in [0.1, 0.15) is 6.42 Å². The Hall–Kier alpha value is -1.19. The molecule has 1 heterocycles. The molecule has 1 aromatic rings. The summed E-state index contributed by atoms with van der Waals surface area (Å²) in [6.07, 6.45) is 0.0427. The number of carbonyl (C=O) groups excluding carboxylic acids is 1. The van der Waals surface area contributed by atoms with Crippen molar-refractivity contribution in [3.05, 3.63) is 32.8 Å². The molecule has 1 atom stereocenters. The lowest BCUT2D eigenvalue weighted by atomic mass is 10.1. The van der Waals surface area contributed by atoms with Crippen molar-refractivity contribution in [3.8, 4) is 0 Å². The van der Waals surface area contributed by atoms with E-state index in [0.717, 1.165) is 0 Å². The van der Waals surface area contributed by atoms with Gasteiger partial charge in [0.25, 0.3) is 5.69 Å². The average molecular weight is 398 g/mol. The van der Waals surface area contributed by atoms with Crippen LogP contribution in [0, 0.1) is 16.0 Å². The van der Waals surface area contributed by atoms with Crippen LogP contribution in [-0.4, -0.2) is 31.5 Å². The summed E-state index contributed by atoms with van der Waals surface area (Å²) in [5.74, 6) is -1.02. The van der Waals surface area contributed by atoms with Gasteiger partial charge in [-0.05, 0) is 22.0 Å². The Balaban J connectivity index is 2.28. The highest BCUT2D eigenvalue weighted by molar-refractivity contribution is 9.10. The molecule has 7 nitrogen and oxygen atoms in total. The second kappa shape index (κ2) is 5.90. The molecular weight excluding hydrogens is 388 g/mol. The quantitative estimate of drug-likeness (QED) is 0.441. The highest BCUT2D eigenvalue weighted by Crippen LogP contribution is 2.34.